The molecule has 0 bridgehead atoms. The van der Waals surface area contributed by atoms with Gasteiger partial charge in [0, 0.05) is 16.6 Å². The van der Waals surface area contributed by atoms with E-state index in [9.17, 15) is 9.59 Å². The maximum atomic E-state index is 12.5. The molecule has 148 valence electrons. The molecule has 0 aliphatic rings. The highest BCUT2D eigenvalue weighted by Crippen LogP contribution is 2.25. The molecule has 1 aromatic carbocycles. The highest BCUT2D eigenvalue weighted by Gasteiger charge is 2.24. The van der Waals surface area contributed by atoms with Crippen LogP contribution in [0.15, 0.2) is 34.7 Å². The molecule has 2 aromatic heterocycles. The number of carbonyl (C=O) groups is 2. The molecule has 7 heteroatoms. The molecule has 0 unspecified atom stereocenters. The van der Waals surface area contributed by atoms with Crippen molar-refractivity contribution in [2.75, 3.05) is 0 Å². The average molecular weight is 382 g/mol. The number of aryl methyl sites for hydroxylation is 1. The third-order valence-corrected chi connectivity index (χ3v) is 4.54. The average Bonchev–Trinajstić information content (AvgIpc) is 3.22. The first-order valence-electron chi connectivity index (χ1n) is 9.29. The molecule has 0 radical (unpaired) electrons. The quantitative estimate of drug-likeness (QED) is 0.673. The largest absolute Gasteiger partial charge is 0.451 e. The van der Waals surface area contributed by atoms with E-state index < -0.39 is 11.8 Å². The molecule has 0 spiro atoms. The van der Waals surface area contributed by atoms with Crippen molar-refractivity contribution in [3.63, 3.8) is 0 Å². The van der Waals surface area contributed by atoms with E-state index in [-0.39, 0.29) is 22.9 Å². The summed E-state index contributed by atoms with van der Waals surface area (Å²) < 4.78 is 7.46. The highest BCUT2D eigenvalue weighted by atomic mass is 16.3. The Bertz CT molecular complexity index is 1040. The van der Waals surface area contributed by atoms with Gasteiger partial charge in [0.2, 0.25) is 0 Å². The standard InChI is InChI=1S/C21H26N4O3/c1-12(2)16-11-15(24-25(16)21(4,5)6)19(26)22-23-20(27)18-13(3)14-9-7-8-10-17(14)28-18/h7-12H,1-6H3,(H,22,26)(H,23,27). The van der Waals surface area contributed by atoms with Crippen LogP contribution in [-0.4, -0.2) is 21.6 Å². The summed E-state index contributed by atoms with van der Waals surface area (Å²) in [5.74, 6) is -0.612. The van der Waals surface area contributed by atoms with E-state index in [1.807, 2.05) is 64.4 Å². The SMILES string of the molecule is Cc1c(C(=O)NNC(=O)c2cc(C(C)C)n(C(C)(C)C)n2)oc2ccccc12. The van der Waals surface area contributed by atoms with Gasteiger partial charge in [-0.1, -0.05) is 32.0 Å². The topological polar surface area (TPSA) is 89.2 Å². The van der Waals surface area contributed by atoms with Crippen LogP contribution in [-0.2, 0) is 5.54 Å². The summed E-state index contributed by atoms with van der Waals surface area (Å²) in [5, 5.41) is 5.30. The third-order valence-electron chi connectivity index (χ3n) is 4.54. The molecule has 2 N–H and O–H groups in total. The number of rotatable bonds is 3. The maximum Gasteiger partial charge on any atom is 0.305 e. The van der Waals surface area contributed by atoms with Gasteiger partial charge in [0.25, 0.3) is 5.91 Å². The molecule has 0 fully saturated rings. The number of amides is 2. The van der Waals surface area contributed by atoms with E-state index in [1.165, 1.54) is 0 Å². The fourth-order valence-corrected chi connectivity index (χ4v) is 3.08. The first kappa shape index (κ1) is 19.7. The highest BCUT2D eigenvalue weighted by molar-refractivity contribution is 6.01. The molecule has 2 amide bonds. The van der Waals surface area contributed by atoms with Crippen molar-refractivity contribution in [2.45, 2.75) is 53.0 Å². The first-order valence-corrected chi connectivity index (χ1v) is 9.29. The van der Waals surface area contributed by atoms with Gasteiger partial charge in [-0.2, -0.15) is 5.10 Å². The van der Waals surface area contributed by atoms with Gasteiger partial charge in [0.1, 0.15) is 5.58 Å². The predicted molar refractivity (Wildman–Crippen MR) is 107 cm³/mol. The van der Waals surface area contributed by atoms with Crippen molar-refractivity contribution in [2.24, 2.45) is 0 Å². The molecular formula is C21H26N4O3. The van der Waals surface area contributed by atoms with Crippen molar-refractivity contribution < 1.29 is 14.0 Å². The number of hydrogen-bond donors (Lipinski definition) is 2. The minimum Gasteiger partial charge on any atom is -0.451 e. The van der Waals surface area contributed by atoms with Gasteiger partial charge in [-0.15, -0.1) is 0 Å². The zero-order valence-electron chi connectivity index (χ0n) is 17.1. The molecule has 0 saturated carbocycles. The van der Waals surface area contributed by atoms with Crippen molar-refractivity contribution in [3.8, 4) is 0 Å². The van der Waals surface area contributed by atoms with Crippen molar-refractivity contribution in [1.29, 1.82) is 0 Å². The predicted octanol–water partition coefficient (Wildman–Crippen LogP) is 3.89. The monoisotopic (exact) mass is 382 g/mol. The number of nitrogens with one attached hydrogen (secondary N) is 2. The number of furan rings is 1. The number of fused-ring (bicyclic) bond motifs is 1. The second kappa shape index (κ2) is 7.14. The number of hydrogen-bond acceptors (Lipinski definition) is 4. The van der Waals surface area contributed by atoms with Crippen LogP contribution in [0.1, 0.15) is 72.8 Å². The van der Waals surface area contributed by atoms with Gasteiger partial charge < -0.3 is 4.42 Å². The van der Waals surface area contributed by atoms with Crippen LogP contribution in [0.2, 0.25) is 0 Å². The summed E-state index contributed by atoms with van der Waals surface area (Å²) in [5.41, 5.74) is 7.14. The van der Waals surface area contributed by atoms with Crippen LogP contribution < -0.4 is 10.9 Å². The zero-order valence-corrected chi connectivity index (χ0v) is 17.1. The summed E-state index contributed by atoms with van der Waals surface area (Å²) >= 11 is 0. The Balaban J connectivity index is 1.76. The minimum absolute atomic E-state index is 0.171. The van der Waals surface area contributed by atoms with E-state index in [0.717, 1.165) is 16.6 Å². The summed E-state index contributed by atoms with van der Waals surface area (Å²) in [4.78, 5) is 25.0. The molecule has 2 heterocycles. The molecule has 0 atom stereocenters. The fourth-order valence-electron chi connectivity index (χ4n) is 3.08. The maximum absolute atomic E-state index is 12.5. The molecule has 0 aliphatic carbocycles. The van der Waals surface area contributed by atoms with Crippen molar-refractivity contribution in [1.82, 2.24) is 20.6 Å². The Hall–Kier alpha value is -3.09. The molecule has 28 heavy (non-hydrogen) atoms. The lowest BCUT2D eigenvalue weighted by atomic mass is 10.1. The first-order chi connectivity index (χ1) is 13.1. The Kier molecular flexibility index (Phi) is 5.02. The number of nitrogens with zero attached hydrogens (tertiary/aromatic N) is 2. The van der Waals surface area contributed by atoms with Gasteiger partial charge in [0.15, 0.2) is 11.5 Å². The van der Waals surface area contributed by atoms with Gasteiger partial charge in [-0.05, 0) is 45.7 Å². The van der Waals surface area contributed by atoms with Crippen molar-refractivity contribution >= 4 is 22.8 Å². The van der Waals surface area contributed by atoms with Crippen LogP contribution in [0.3, 0.4) is 0 Å². The Morgan fingerprint density at radius 2 is 1.75 bits per heavy atom. The Labute approximate surface area is 164 Å². The van der Waals surface area contributed by atoms with Gasteiger partial charge in [-0.3, -0.25) is 25.1 Å². The summed E-state index contributed by atoms with van der Waals surface area (Å²) in [7, 11) is 0. The molecule has 0 saturated heterocycles. The second-order valence-electron chi connectivity index (χ2n) is 8.15. The van der Waals surface area contributed by atoms with Crippen LogP contribution in [0.25, 0.3) is 11.0 Å². The lowest BCUT2D eigenvalue weighted by molar-refractivity contribution is 0.0828. The molecule has 0 aliphatic heterocycles. The van der Waals surface area contributed by atoms with E-state index in [4.69, 9.17) is 4.42 Å². The molecule has 3 rings (SSSR count). The fraction of sp³-hybridized carbons (Fsp3) is 0.381. The Morgan fingerprint density at radius 1 is 1.11 bits per heavy atom. The zero-order chi connectivity index (χ0) is 20.6. The number of aromatic nitrogens is 2. The minimum atomic E-state index is -0.513. The lowest BCUT2D eigenvalue weighted by Crippen LogP contribution is -2.42. The molecule has 7 nitrogen and oxygen atoms in total. The van der Waals surface area contributed by atoms with Crippen LogP contribution in [0, 0.1) is 6.92 Å². The number of benzene rings is 1. The van der Waals surface area contributed by atoms with Gasteiger partial charge >= 0.3 is 5.91 Å². The smallest absolute Gasteiger partial charge is 0.305 e. The van der Waals surface area contributed by atoms with Crippen LogP contribution in [0.4, 0.5) is 0 Å². The summed E-state index contributed by atoms with van der Waals surface area (Å²) in [6.07, 6.45) is 0. The third kappa shape index (κ3) is 3.65. The summed E-state index contributed by atoms with van der Waals surface area (Å²) in [6.45, 7) is 12.0. The summed E-state index contributed by atoms with van der Waals surface area (Å²) in [6, 6.07) is 9.16. The van der Waals surface area contributed by atoms with Crippen molar-refractivity contribution in [3.05, 3.63) is 53.0 Å². The van der Waals surface area contributed by atoms with Crippen LogP contribution in [0.5, 0.6) is 0 Å². The second-order valence-corrected chi connectivity index (χ2v) is 8.15. The number of hydrazine groups is 1. The van der Waals surface area contributed by atoms with E-state index >= 15 is 0 Å². The van der Waals surface area contributed by atoms with E-state index in [1.54, 1.807) is 12.1 Å². The lowest BCUT2D eigenvalue weighted by Gasteiger charge is -2.23. The normalized spacial score (nSPS) is 11.8. The molecule has 3 aromatic rings. The van der Waals surface area contributed by atoms with E-state index in [0.29, 0.717) is 5.58 Å². The van der Waals surface area contributed by atoms with Gasteiger partial charge in [0.05, 0.1) is 5.54 Å². The van der Waals surface area contributed by atoms with Gasteiger partial charge in [-0.25, -0.2) is 0 Å². The number of para-hydroxylation sites is 1. The number of carbonyl (C=O) groups excluding carboxylic acids is 2. The van der Waals surface area contributed by atoms with E-state index in [2.05, 4.69) is 16.0 Å². The molecular weight excluding hydrogens is 356 g/mol. The van der Waals surface area contributed by atoms with Crippen LogP contribution >= 0.6 is 0 Å². The Morgan fingerprint density at radius 3 is 2.32 bits per heavy atom.